The first-order valence-corrected chi connectivity index (χ1v) is 9.70. The van der Waals surface area contributed by atoms with Gasteiger partial charge in [-0.1, -0.05) is 68.9 Å². The van der Waals surface area contributed by atoms with Gasteiger partial charge in [0.2, 0.25) is 11.6 Å². The van der Waals surface area contributed by atoms with Gasteiger partial charge in [0.1, 0.15) is 5.76 Å². The number of carbonyl (C=O) groups is 2. The molecular formula is C23H24O3. The quantitative estimate of drug-likeness (QED) is 0.729. The van der Waals surface area contributed by atoms with Gasteiger partial charge in [-0.3, -0.25) is 9.59 Å². The summed E-state index contributed by atoms with van der Waals surface area (Å²) in [6.07, 6.45) is 8.89. The lowest BCUT2D eigenvalue weighted by Crippen LogP contribution is -2.24. The molecule has 0 heterocycles. The lowest BCUT2D eigenvalue weighted by Gasteiger charge is -2.22. The van der Waals surface area contributed by atoms with Crippen molar-refractivity contribution < 1.29 is 14.7 Å². The van der Waals surface area contributed by atoms with E-state index in [-0.39, 0.29) is 5.76 Å². The zero-order valence-corrected chi connectivity index (χ0v) is 15.0. The third-order valence-corrected chi connectivity index (χ3v) is 5.94. The molecule has 3 nitrogen and oxygen atoms in total. The molecule has 0 bridgehead atoms. The number of ketones is 2. The Kier molecular flexibility index (Phi) is 4.62. The molecule has 0 aliphatic heterocycles. The lowest BCUT2D eigenvalue weighted by atomic mass is 9.82. The minimum atomic E-state index is -0.532. The molecule has 2 aliphatic carbocycles. The molecule has 26 heavy (non-hydrogen) atoms. The standard InChI is InChI=1S/C23H24O3/c24-21-18-14-13-16-10-4-5-11-17(16)20(18)23(26)22(25)19(21)12-6-9-15-7-2-1-3-8-15/h4-5,10-11,13-15,24H,1-3,6-9,12H2. The maximum absolute atomic E-state index is 12.8. The predicted molar refractivity (Wildman–Crippen MR) is 103 cm³/mol. The number of hydrogen-bond acceptors (Lipinski definition) is 3. The van der Waals surface area contributed by atoms with E-state index in [4.69, 9.17) is 0 Å². The first-order valence-electron chi connectivity index (χ1n) is 9.70. The Balaban J connectivity index is 1.62. The molecular weight excluding hydrogens is 324 g/mol. The summed E-state index contributed by atoms with van der Waals surface area (Å²) in [4.78, 5) is 25.4. The van der Waals surface area contributed by atoms with Gasteiger partial charge >= 0.3 is 0 Å². The predicted octanol–water partition coefficient (Wildman–Crippen LogP) is 5.62. The first kappa shape index (κ1) is 17.0. The fourth-order valence-electron chi connectivity index (χ4n) is 4.51. The van der Waals surface area contributed by atoms with Crippen LogP contribution in [0.15, 0.2) is 42.0 Å². The molecule has 1 fully saturated rings. The summed E-state index contributed by atoms with van der Waals surface area (Å²) in [5.74, 6) is -0.284. The van der Waals surface area contributed by atoms with Crippen LogP contribution in [-0.4, -0.2) is 16.7 Å². The molecule has 0 spiro atoms. The first-order chi connectivity index (χ1) is 12.7. The summed E-state index contributed by atoms with van der Waals surface area (Å²) in [6.45, 7) is 0. The van der Waals surface area contributed by atoms with Crippen LogP contribution in [0.1, 0.15) is 67.3 Å². The Morgan fingerprint density at radius 2 is 1.69 bits per heavy atom. The number of hydrogen-bond donors (Lipinski definition) is 1. The van der Waals surface area contributed by atoms with E-state index in [0.717, 1.165) is 29.5 Å². The molecule has 0 saturated heterocycles. The Labute approximate surface area is 153 Å². The molecule has 134 valence electrons. The van der Waals surface area contributed by atoms with Gasteiger partial charge in [0.25, 0.3) is 0 Å². The number of aliphatic hydroxyl groups is 1. The minimum absolute atomic E-state index is 0.000928. The molecule has 2 aromatic rings. The van der Waals surface area contributed by atoms with Gasteiger partial charge in [-0.05, 0) is 35.6 Å². The topological polar surface area (TPSA) is 54.4 Å². The van der Waals surface area contributed by atoms with Crippen molar-refractivity contribution in [2.75, 3.05) is 0 Å². The van der Waals surface area contributed by atoms with E-state index >= 15 is 0 Å². The van der Waals surface area contributed by atoms with Crippen molar-refractivity contribution in [2.45, 2.75) is 51.4 Å². The molecule has 0 aromatic heterocycles. The van der Waals surface area contributed by atoms with Gasteiger partial charge in [0.15, 0.2) is 0 Å². The molecule has 0 unspecified atom stereocenters. The van der Waals surface area contributed by atoms with E-state index in [2.05, 4.69) is 0 Å². The Hall–Kier alpha value is -2.42. The van der Waals surface area contributed by atoms with Gasteiger partial charge in [-0.15, -0.1) is 0 Å². The zero-order valence-electron chi connectivity index (χ0n) is 15.0. The van der Waals surface area contributed by atoms with E-state index < -0.39 is 11.6 Å². The third-order valence-electron chi connectivity index (χ3n) is 5.94. The maximum Gasteiger partial charge on any atom is 0.234 e. The van der Waals surface area contributed by atoms with Crippen molar-refractivity contribution in [3.63, 3.8) is 0 Å². The third kappa shape index (κ3) is 2.96. The maximum atomic E-state index is 12.8. The van der Waals surface area contributed by atoms with Crippen LogP contribution in [0.2, 0.25) is 0 Å². The van der Waals surface area contributed by atoms with Crippen LogP contribution < -0.4 is 0 Å². The molecule has 3 heteroatoms. The summed E-state index contributed by atoms with van der Waals surface area (Å²) >= 11 is 0. The fourth-order valence-corrected chi connectivity index (χ4v) is 4.51. The van der Waals surface area contributed by atoms with Crippen molar-refractivity contribution in [1.29, 1.82) is 0 Å². The number of benzene rings is 2. The van der Waals surface area contributed by atoms with Gasteiger partial charge in [-0.2, -0.15) is 0 Å². The summed E-state index contributed by atoms with van der Waals surface area (Å²) < 4.78 is 0. The largest absolute Gasteiger partial charge is 0.507 e. The Bertz CT molecular complexity index is 901. The monoisotopic (exact) mass is 348 g/mol. The van der Waals surface area contributed by atoms with Crippen LogP contribution in [0.5, 0.6) is 0 Å². The number of allylic oxidation sites excluding steroid dienone is 1. The van der Waals surface area contributed by atoms with Crippen LogP contribution in [0.3, 0.4) is 0 Å². The van der Waals surface area contributed by atoms with Crippen LogP contribution in [0.25, 0.3) is 16.5 Å². The zero-order chi connectivity index (χ0) is 18.1. The van der Waals surface area contributed by atoms with E-state index in [1.165, 1.54) is 32.1 Å². The second kappa shape index (κ2) is 7.06. The second-order valence-electron chi connectivity index (χ2n) is 7.59. The number of Topliss-reactive ketones (excluding diaryl/α,β-unsaturated/α-hetero) is 2. The molecule has 0 amide bonds. The number of rotatable bonds is 4. The molecule has 1 saturated carbocycles. The highest BCUT2D eigenvalue weighted by atomic mass is 16.3. The Morgan fingerprint density at radius 1 is 0.923 bits per heavy atom. The highest BCUT2D eigenvalue weighted by molar-refractivity contribution is 6.53. The van der Waals surface area contributed by atoms with Crippen LogP contribution in [0, 0.1) is 5.92 Å². The smallest absolute Gasteiger partial charge is 0.234 e. The van der Waals surface area contributed by atoms with Crippen molar-refractivity contribution in [1.82, 2.24) is 0 Å². The van der Waals surface area contributed by atoms with Crippen LogP contribution in [-0.2, 0) is 4.79 Å². The van der Waals surface area contributed by atoms with Gasteiger partial charge in [0, 0.05) is 16.7 Å². The average molecular weight is 348 g/mol. The molecule has 2 aromatic carbocycles. The normalized spacial score (nSPS) is 18.5. The average Bonchev–Trinajstić information content (AvgIpc) is 2.69. The SMILES string of the molecule is O=C1C(=O)c2c(ccc3ccccc23)C(O)=C1CCCC1CCCCC1. The van der Waals surface area contributed by atoms with Gasteiger partial charge in [-0.25, -0.2) is 0 Å². The number of fused-ring (bicyclic) bond motifs is 3. The van der Waals surface area contributed by atoms with Crippen LogP contribution in [0.4, 0.5) is 0 Å². The fraction of sp³-hybridized carbons (Fsp3) is 0.391. The lowest BCUT2D eigenvalue weighted by molar-refractivity contribution is -0.112. The van der Waals surface area contributed by atoms with Gasteiger partial charge in [0.05, 0.1) is 0 Å². The second-order valence-corrected chi connectivity index (χ2v) is 7.59. The highest BCUT2D eigenvalue weighted by Gasteiger charge is 2.33. The van der Waals surface area contributed by atoms with Crippen LogP contribution >= 0.6 is 0 Å². The van der Waals surface area contributed by atoms with Crippen molar-refractivity contribution in [3.05, 3.63) is 53.1 Å². The molecule has 4 rings (SSSR count). The molecule has 0 radical (unpaired) electrons. The van der Waals surface area contributed by atoms with E-state index in [0.29, 0.717) is 23.1 Å². The summed E-state index contributed by atoms with van der Waals surface area (Å²) in [7, 11) is 0. The van der Waals surface area contributed by atoms with E-state index in [9.17, 15) is 14.7 Å². The van der Waals surface area contributed by atoms with Crippen molar-refractivity contribution in [3.8, 4) is 0 Å². The molecule has 1 N–H and O–H groups in total. The van der Waals surface area contributed by atoms with Gasteiger partial charge < -0.3 is 5.11 Å². The number of aliphatic hydroxyl groups excluding tert-OH is 1. The van der Waals surface area contributed by atoms with E-state index in [1.807, 2.05) is 30.3 Å². The highest BCUT2D eigenvalue weighted by Crippen LogP contribution is 2.35. The molecule has 2 aliphatic rings. The minimum Gasteiger partial charge on any atom is -0.507 e. The van der Waals surface area contributed by atoms with Crippen molar-refractivity contribution >= 4 is 28.1 Å². The summed E-state index contributed by atoms with van der Waals surface area (Å²) in [6, 6.07) is 11.1. The summed E-state index contributed by atoms with van der Waals surface area (Å²) in [5, 5.41) is 12.3. The van der Waals surface area contributed by atoms with E-state index in [1.54, 1.807) is 6.07 Å². The molecule has 0 atom stereocenters. The van der Waals surface area contributed by atoms with Crippen molar-refractivity contribution in [2.24, 2.45) is 5.92 Å². The number of carbonyl (C=O) groups excluding carboxylic acids is 2. The summed E-state index contributed by atoms with van der Waals surface area (Å²) in [5.41, 5.74) is 1.15. The Morgan fingerprint density at radius 3 is 2.50 bits per heavy atom.